The van der Waals surface area contributed by atoms with E-state index in [0.717, 1.165) is 25.2 Å². The van der Waals surface area contributed by atoms with Crippen molar-refractivity contribution >= 4 is 11.3 Å². The summed E-state index contributed by atoms with van der Waals surface area (Å²) in [4.78, 5) is 0. The molecular formula is C12H15N3OS. The molecule has 3 rings (SSSR count). The third-order valence-electron chi connectivity index (χ3n) is 3.11. The molecule has 0 radical (unpaired) electrons. The van der Waals surface area contributed by atoms with E-state index < -0.39 is 0 Å². The Balaban J connectivity index is 2.09. The lowest BCUT2D eigenvalue weighted by Gasteiger charge is -2.15. The Kier molecular flexibility index (Phi) is 2.96. The van der Waals surface area contributed by atoms with E-state index in [0.29, 0.717) is 6.54 Å². The van der Waals surface area contributed by atoms with Crippen molar-refractivity contribution in [1.29, 1.82) is 0 Å². The van der Waals surface area contributed by atoms with Crippen LogP contribution in [-0.2, 0) is 19.5 Å². The molecule has 0 aromatic carbocycles. The zero-order valence-electron chi connectivity index (χ0n) is 9.52. The van der Waals surface area contributed by atoms with Crippen LogP contribution in [0.3, 0.4) is 0 Å². The summed E-state index contributed by atoms with van der Waals surface area (Å²) in [5.41, 5.74) is 4.83. The Morgan fingerprint density at radius 1 is 1.53 bits per heavy atom. The Hall–Kier alpha value is -1.17. The normalized spacial score (nSPS) is 14.9. The van der Waals surface area contributed by atoms with E-state index in [1.807, 2.05) is 4.68 Å². The zero-order valence-corrected chi connectivity index (χ0v) is 10.3. The second kappa shape index (κ2) is 4.60. The summed E-state index contributed by atoms with van der Waals surface area (Å²) >= 11 is 1.69. The van der Waals surface area contributed by atoms with Crippen molar-refractivity contribution in [3.8, 4) is 11.3 Å². The van der Waals surface area contributed by atoms with Crippen molar-refractivity contribution in [3.63, 3.8) is 0 Å². The van der Waals surface area contributed by atoms with Gasteiger partial charge in [0, 0.05) is 41.7 Å². The van der Waals surface area contributed by atoms with Crippen LogP contribution >= 0.6 is 11.3 Å². The molecule has 0 spiro atoms. The highest BCUT2D eigenvalue weighted by Gasteiger charge is 2.21. The van der Waals surface area contributed by atoms with Crippen molar-refractivity contribution in [3.05, 3.63) is 28.1 Å². The summed E-state index contributed by atoms with van der Waals surface area (Å²) in [6.07, 6.45) is 0.993. The van der Waals surface area contributed by atoms with Crippen LogP contribution in [0.25, 0.3) is 11.3 Å². The van der Waals surface area contributed by atoms with E-state index in [9.17, 15) is 0 Å². The van der Waals surface area contributed by atoms with Crippen molar-refractivity contribution < 1.29 is 5.11 Å². The first-order valence-electron chi connectivity index (χ1n) is 5.83. The van der Waals surface area contributed by atoms with Crippen LogP contribution in [0.2, 0.25) is 0 Å². The minimum Gasteiger partial charge on any atom is -0.394 e. The highest BCUT2D eigenvalue weighted by Crippen LogP contribution is 2.28. The van der Waals surface area contributed by atoms with Gasteiger partial charge in [-0.2, -0.15) is 16.4 Å². The SMILES string of the molecule is OCCn1nc(-c2ccsc2)c2c1CCNC2. The van der Waals surface area contributed by atoms with Crippen molar-refractivity contribution in [1.82, 2.24) is 15.1 Å². The third-order valence-corrected chi connectivity index (χ3v) is 3.80. The minimum atomic E-state index is 0.143. The molecule has 5 heteroatoms. The fourth-order valence-corrected chi connectivity index (χ4v) is 2.97. The van der Waals surface area contributed by atoms with Crippen LogP contribution in [-0.4, -0.2) is 28.0 Å². The number of aromatic nitrogens is 2. The van der Waals surface area contributed by atoms with E-state index in [4.69, 9.17) is 5.11 Å². The Morgan fingerprint density at radius 2 is 2.47 bits per heavy atom. The molecule has 0 saturated carbocycles. The van der Waals surface area contributed by atoms with Crippen molar-refractivity contribution in [2.45, 2.75) is 19.5 Å². The van der Waals surface area contributed by atoms with Gasteiger partial charge in [0.15, 0.2) is 0 Å². The lowest BCUT2D eigenvalue weighted by atomic mass is 10.0. The van der Waals surface area contributed by atoms with Gasteiger partial charge in [-0.15, -0.1) is 0 Å². The molecule has 0 bridgehead atoms. The van der Waals surface area contributed by atoms with Crippen LogP contribution in [0.15, 0.2) is 16.8 Å². The molecule has 1 aliphatic rings. The van der Waals surface area contributed by atoms with Crippen LogP contribution in [0, 0.1) is 0 Å². The molecule has 2 aromatic heterocycles. The van der Waals surface area contributed by atoms with E-state index in [-0.39, 0.29) is 6.61 Å². The van der Waals surface area contributed by atoms with Crippen molar-refractivity contribution in [2.75, 3.05) is 13.2 Å². The molecule has 4 nitrogen and oxygen atoms in total. The summed E-state index contributed by atoms with van der Waals surface area (Å²) in [5.74, 6) is 0. The highest BCUT2D eigenvalue weighted by molar-refractivity contribution is 7.08. The highest BCUT2D eigenvalue weighted by atomic mass is 32.1. The molecule has 0 aliphatic carbocycles. The molecular weight excluding hydrogens is 234 g/mol. The largest absolute Gasteiger partial charge is 0.394 e. The van der Waals surface area contributed by atoms with E-state index in [2.05, 4.69) is 27.2 Å². The molecule has 2 aromatic rings. The number of nitrogens with one attached hydrogen (secondary N) is 1. The summed E-state index contributed by atoms with van der Waals surface area (Å²) < 4.78 is 1.96. The number of nitrogens with zero attached hydrogens (tertiary/aromatic N) is 2. The fourth-order valence-electron chi connectivity index (χ4n) is 2.33. The number of fused-ring (bicyclic) bond motifs is 1. The van der Waals surface area contributed by atoms with Gasteiger partial charge in [0.2, 0.25) is 0 Å². The maximum Gasteiger partial charge on any atom is 0.0979 e. The maximum atomic E-state index is 9.09. The lowest BCUT2D eigenvalue weighted by Crippen LogP contribution is -2.25. The second-order valence-corrected chi connectivity index (χ2v) is 4.94. The molecule has 17 heavy (non-hydrogen) atoms. The first kappa shape index (κ1) is 11.0. The monoisotopic (exact) mass is 249 g/mol. The van der Waals surface area contributed by atoms with Crippen LogP contribution in [0.5, 0.6) is 0 Å². The van der Waals surface area contributed by atoms with Crippen LogP contribution in [0.1, 0.15) is 11.3 Å². The topological polar surface area (TPSA) is 50.1 Å². The van der Waals surface area contributed by atoms with Gasteiger partial charge in [-0.05, 0) is 11.4 Å². The average Bonchev–Trinajstić information content (AvgIpc) is 2.97. The number of hydrogen-bond acceptors (Lipinski definition) is 4. The lowest BCUT2D eigenvalue weighted by molar-refractivity contribution is 0.267. The molecule has 1 aliphatic heterocycles. The summed E-state index contributed by atoms with van der Waals surface area (Å²) in [6, 6.07) is 2.10. The molecule has 90 valence electrons. The van der Waals surface area contributed by atoms with Gasteiger partial charge < -0.3 is 10.4 Å². The van der Waals surface area contributed by atoms with Gasteiger partial charge in [0.1, 0.15) is 0 Å². The molecule has 2 N–H and O–H groups in total. The maximum absolute atomic E-state index is 9.09. The second-order valence-electron chi connectivity index (χ2n) is 4.16. The van der Waals surface area contributed by atoms with Crippen LogP contribution < -0.4 is 5.32 Å². The Labute approximate surface area is 104 Å². The zero-order chi connectivity index (χ0) is 11.7. The summed E-state index contributed by atoms with van der Waals surface area (Å²) in [7, 11) is 0. The first-order chi connectivity index (χ1) is 8.40. The van der Waals surface area contributed by atoms with Gasteiger partial charge in [-0.3, -0.25) is 4.68 Å². The Bertz CT molecular complexity index is 504. The van der Waals surface area contributed by atoms with Gasteiger partial charge in [0.05, 0.1) is 18.8 Å². The quantitative estimate of drug-likeness (QED) is 0.860. The first-order valence-corrected chi connectivity index (χ1v) is 6.77. The van der Waals surface area contributed by atoms with Crippen LogP contribution in [0.4, 0.5) is 0 Å². The number of hydrogen-bond donors (Lipinski definition) is 2. The number of aliphatic hydroxyl groups is 1. The molecule has 0 saturated heterocycles. The van der Waals surface area contributed by atoms with Crippen molar-refractivity contribution in [2.24, 2.45) is 0 Å². The Morgan fingerprint density at radius 3 is 3.24 bits per heavy atom. The summed E-state index contributed by atoms with van der Waals surface area (Å²) in [6.45, 7) is 2.61. The van der Waals surface area contributed by atoms with Gasteiger partial charge in [-0.25, -0.2) is 0 Å². The van der Waals surface area contributed by atoms with Gasteiger partial charge >= 0.3 is 0 Å². The third kappa shape index (κ3) is 1.90. The predicted molar refractivity (Wildman–Crippen MR) is 68.0 cm³/mol. The smallest absolute Gasteiger partial charge is 0.0979 e. The molecule has 0 amide bonds. The van der Waals surface area contributed by atoms with E-state index in [1.165, 1.54) is 16.8 Å². The molecule has 0 unspecified atom stereocenters. The average molecular weight is 249 g/mol. The van der Waals surface area contributed by atoms with E-state index >= 15 is 0 Å². The predicted octanol–water partition coefficient (Wildman–Crippen LogP) is 1.25. The number of thiophene rings is 1. The van der Waals surface area contributed by atoms with E-state index in [1.54, 1.807) is 11.3 Å². The minimum absolute atomic E-state index is 0.143. The summed E-state index contributed by atoms with van der Waals surface area (Å²) in [5, 5.41) is 21.3. The van der Waals surface area contributed by atoms with Gasteiger partial charge in [0.25, 0.3) is 0 Å². The molecule has 0 atom stereocenters. The molecule has 3 heterocycles. The fraction of sp³-hybridized carbons (Fsp3) is 0.417. The van der Waals surface area contributed by atoms with Gasteiger partial charge in [-0.1, -0.05) is 0 Å². The number of rotatable bonds is 3. The number of aliphatic hydroxyl groups excluding tert-OH is 1. The standard InChI is InChI=1S/C12H15N3OS/c16-5-4-15-11-1-3-13-7-10(11)12(14-15)9-2-6-17-8-9/h2,6,8,13,16H,1,3-5,7H2. The molecule has 0 fully saturated rings.